The zero-order valence-electron chi connectivity index (χ0n) is 13.3. The minimum atomic E-state index is -0.945. The van der Waals surface area contributed by atoms with Gasteiger partial charge < -0.3 is 15.5 Å². The largest absolute Gasteiger partial charge is 0.478 e. The van der Waals surface area contributed by atoms with Crippen LogP contribution in [0.3, 0.4) is 0 Å². The van der Waals surface area contributed by atoms with E-state index >= 15 is 0 Å². The summed E-state index contributed by atoms with van der Waals surface area (Å²) in [6.07, 6.45) is 5.02. The van der Waals surface area contributed by atoms with E-state index in [0.29, 0.717) is 5.56 Å². The Balaban J connectivity index is 1.81. The maximum absolute atomic E-state index is 11.6. The molecule has 2 aliphatic rings. The maximum Gasteiger partial charge on any atom is 0.336 e. The molecule has 0 amide bonds. The first-order valence-corrected chi connectivity index (χ1v) is 8.19. The molecule has 0 bridgehead atoms. The van der Waals surface area contributed by atoms with Crippen LogP contribution in [0.4, 0.5) is 5.69 Å². The highest BCUT2D eigenvalue weighted by Gasteiger charge is 2.39. The van der Waals surface area contributed by atoms with Gasteiger partial charge in [0, 0.05) is 11.6 Å². The number of benzene rings is 2. The Bertz CT molecular complexity index is 902. The molecule has 3 atom stereocenters. The van der Waals surface area contributed by atoms with E-state index in [2.05, 4.69) is 17.5 Å². The number of anilines is 1. The van der Waals surface area contributed by atoms with Crippen LogP contribution in [0, 0.1) is 5.92 Å². The van der Waals surface area contributed by atoms with Crippen LogP contribution in [0.15, 0.2) is 54.6 Å². The molecule has 25 heavy (non-hydrogen) atoms. The van der Waals surface area contributed by atoms with E-state index in [9.17, 15) is 19.8 Å². The number of carboxylic acid groups (broad SMARTS) is 2. The lowest BCUT2D eigenvalue weighted by Gasteiger charge is -2.38. The summed E-state index contributed by atoms with van der Waals surface area (Å²) >= 11 is 0. The van der Waals surface area contributed by atoms with Crippen LogP contribution in [0.25, 0.3) is 0 Å². The zero-order chi connectivity index (χ0) is 17.6. The number of allylic oxidation sites excluding steroid dienone is 2. The molecule has 3 N–H and O–H groups in total. The number of rotatable bonds is 3. The Morgan fingerprint density at radius 3 is 2.56 bits per heavy atom. The fourth-order valence-corrected chi connectivity index (χ4v) is 4.00. The van der Waals surface area contributed by atoms with Gasteiger partial charge in [0.2, 0.25) is 0 Å². The molecule has 0 spiro atoms. The minimum Gasteiger partial charge on any atom is -0.478 e. The Morgan fingerprint density at radius 2 is 1.80 bits per heavy atom. The molecular formula is C20H17NO4. The first kappa shape index (κ1) is 15.4. The Morgan fingerprint density at radius 1 is 1.00 bits per heavy atom. The van der Waals surface area contributed by atoms with Gasteiger partial charge in [0.15, 0.2) is 0 Å². The smallest absolute Gasteiger partial charge is 0.336 e. The topological polar surface area (TPSA) is 86.6 Å². The summed E-state index contributed by atoms with van der Waals surface area (Å²) in [4.78, 5) is 22.9. The first-order chi connectivity index (χ1) is 12.1. The van der Waals surface area contributed by atoms with Gasteiger partial charge in [-0.15, -0.1) is 0 Å². The summed E-state index contributed by atoms with van der Waals surface area (Å²) in [5.74, 6) is -1.63. The standard InChI is InChI=1S/C20H17NO4/c22-19(23)11-8-9-17-16(10-11)12-6-3-7-13(12)18(21-17)14-4-1-2-5-15(14)20(24)25/h1-6,8-10,12-13,18,21H,7H2,(H,22,23)(H,24,25)/t12-,13-,18+/m1/s1. The molecule has 0 saturated heterocycles. The molecule has 0 aromatic heterocycles. The molecule has 1 heterocycles. The van der Waals surface area contributed by atoms with Gasteiger partial charge in [-0.3, -0.25) is 0 Å². The van der Waals surface area contributed by atoms with Crippen LogP contribution in [-0.2, 0) is 0 Å². The van der Waals surface area contributed by atoms with Crippen LogP contribution >= 0.6 is 0 Å². The SMILES string of the molecule is O=C(O)c1ccc2c(c1)[C@@H]1C=CC[C@H]1[C@@H](c1ccccc1C(=O)O)N2. The van der Waals surface area contributed by atoms with Gasteiger partial charge >= 0.3 is 11.9 Å². The van der Waals surface area contributed by atoms with Crippen molar-refractivity contribution in [1.29, 1.82) is 0 Å². The molecule has 2 aromatic rings. The van der Waals surface area contributed by atoms with Crippen LogP contribution in [0.2, 0.25) is 0 Å². The third-order valence-corrected chi connectivity index (χ3v) is 5.14. The number of carbonyl (C=O) groups is 2. The van der Waals surface area contributed by atoms with Crippen molar-refractivity contribution in [3.8, 4) is 0 Å². The predicted molar refractivity (Wildman–Crippen MR) is 93.2 cm³/mol. The van der Waals surface area contributed by atoms with E-state index in [1.807, 2.05) is 12.1 Å². The third-order valence-electron chi connectivity index (χ3n) is 5.14. The van der Waals surface area contributed by atoms with Crippen LogP contribution < -0.4 is 5.32 Å². The molecule has 5 nitrogen and oxygen atoms in total. The summed E-state index contributed by atoms with van der Waals surface area (Å²) < 4.78 is 0. The molecule has 5 heteroatoms. The molecule has 0 unspecified atom stereocenters. The van der Waals surface area contributed by atoms with E-state index in [1.165, 1.54) is 0 Å². The van der Waals surface area contributed by atoms with Gasteiger partial charge in [0.25, 0.3) is 0 Å². The molecule has 126 valence electrons. The second kappa shape index (κ2) is 5.77. The zero-order valence-corrected chi connectivity index (χ0v) is 13.3. The van der Waals surface area contributed by atoms with Crippen LogP contribution in [0.1, 0.15) is 50.2 Å². The number of aromatic carboxylic acids is 2. The molecule has 0 saturated carbocycles. The molecular weight excluding hydrogens is 318 g/mol. The highest BCUT2D eigenvalue weighted by atomic mass is 16.4. The lowest BCUT2D eigenvalue weighted by molar-refractivity contribution is 0.0684. The van der Waals surface area contributed by atoms with E-state index in [-0.39, 0.29) is 23.4 Å². The Labute approximate surface area is 144 Å². The lowest BCUT2D eigenvalue weighted by Crippen LogP contribution is -2.30. The second-order valence-corrected chi connectivity index (χ2v) is 6.48. The monoisotopic (exact) mass is 335 g/mol. The van der Waals surface area contributed by atoms with Gasteiger partial charge in [-0.25, -0.2) is 9.59 Å². The van der Waals surface area contributed by atoms with Crippen LogP contribution in [-0.4, -0.2) is 22.2 Å². The second-order valence-electron chi connectivity index (χ2n) is 6.48. The van der Waals surface area contributed by atoms with Gasteiger partial charge in [-0.1, -0.05) is 30.4 Å². The van der Waals surface area contributed by atoms with E-state index < -0.39 is 11.9 Å². The summed E-state index contributed by atoms with van der Waals surface area (Å²) in [5.41, 5.74) is 3.16. The van der Waals surface area contributed by atoms with Crippen molar-refractivity contribution in [2.45, 2.75) is 18.4 Å². The van der Waals surface area contributed by atoms with E-state index in [0.717, 1.165) is 23.2 Å². The number of hydrogen-bond acceptors (Lipinski definition) is 3. The van der Waals surface area contributed by atoms with Crippen LogP contribution in [0.5, 0.6) is 0 Å². The van der Waals surface area contributed by atoms with Gasteiger partial charge in [-0.2, -0.15) is 0 Å². The summed E-state index contributed by atoms with van der Waals surface area (Å²) in [7, 11) is 0. The highest BCUT2D eigenvalue weighted by molar-refractivity contribution is 5.90. The van der Waals surface area contributed by atoms with Crippen molar-refractivity contribution in [3.63, 3.8) is 0 Å². The van der Waals surface area contributed by atoms with Gasteiger partial charge in [0.05, 0.1) is 17.2 Å². The highest BCUT2D eigenvalue weighted by Crippen LogP contribution is 2.50. The summed E-state index contributed by atoms with van der Waals surface area (Å²) in [6.45, 7) is 0. The number of fused-ring (bicyclic) bond motifs is 3. The first-order valence-electron chi connectivity index (χ1n) is 8.19. The van der Waals surface area contributed by atoms with Crippen molar-refractivity contribution >= 4 is 17.6 Å². The van der Waals surface area contributed by atoms with Crippen molar-refractivity contribution in [2.75, 3.05) is 5.32 Å². The molecule has 0 fully saturated rings. The molecule has 0 radical (unpaired) electrons. The van der Waals surface area contributed by atoms with Crippen molar-refractivity contribution < 1.29 is 19.8 Å². The molecule has 1 aliphatic carbocycles. The fraction of sp³-hybridized carbons (Fsp3) is 0.200. The lowest BCUT2D eigenvalue weighted by atomic mass is 9.76. The van der Waals surface area contributed by atoms with Gasteiger partial charge in [-0.05, 0) is 47.7 Å². The quantitative estimate of drug-likeness (QED) is 0.740. The van der Waals surface area contributed by atoms with Crippen molar-refractivity contribution in [1.82, 2.24) is 0 Å². The van der Waals surface area contributed by atoms with E-state index in [4.69, 9.17) is 0 Å². The normalized spacial score (nSPS) is 23.4. The summed E-state index contributed by atoms with van der Waals surface area (Å²) in [5, 5.41) is 22.2. The maximum atomic E-state index is 11.6. The minimum absolute atomic E-state index is 0.0856. The van der Waals surface area contributed by atoms with E-state index in [1.54, 1.807) is 30.3 Å². The molecule has 2 aromatic carbocycles. The number of nitrogens with one attached hydrogen (secondary N) is 1. The molecule has 4 rings (SSSR count). The summed E-state index contributed by atoms with van der Waals surface area (Å²) in [6, 6.07) is 12.0. The van der Waals surface area contributed by atoms with Gasteiger partial charge in [0.1, 0.15) is 0 Å². The van der Waals surface area contributed by atoms with Crippen molar-refractivity contribution in [2.24, 2.45) is 5.92 Å². The number of carboxylic acids is 2. The Kier molecular flexibility index (Phi) is 3.57. The van der Waals surface area contributed by atoms with Crippen molar-refractivity contribution in [3.05, 3.63) is 76.9 Å². The average Bonchev–Trinajstić information content (AvgIpc) is 3.10. The predicted octanol–water partition coefficient (Wildman–Crippen LogP) is 3.91. The Hall–Kier alpha value is -3.08. The third kappa shape index (κ3) is 2.48. The fourth-order valence-electron chi connectivity index (χ4n) is 4.00. The number of hydrogen-bond donors (Lipinski definition) is 3. The average molecular weight is 335 g/mol. The molecule has 1 aliphatic heterocycles.